The standard InChI is InChI=1S/C17H18O3.C15H20O5.C15H20O3.6CH3NO3/c1-11-13(9-8-12-5-4-10-20-12)17(19)15-7-3-2-6-14(15)16(11)18;1-9-11(5-4-10-3-2-6-20-10)15(19)13(8-17)12(7-16)14(9)18;1-9-10(2)15(17)13(11(3)14(9)16)7-6-12-5-4-8-18-12;6*1-5-2(3)4/h2-3,6-7,12H,4-5,8-10H2,1H3;10,16-17H,2-8H2,1H3;12H,4-8H2,1-3H3;6*1H3. The van der Waals surface area contributed by atoms with Crippen molar-refractivity contribution in [3.63, 3.8) is 0 Å². The summed E-state index contributed by atoms with van der Waals surface area (Å²) in [6.45, 7) is 9.98. The number of benzene rings is 1. The lowest BCUT2D eigenvalue weighted by atomic mass is 9.82. The largest absolute Gasteiger partial charge is 0.392 e. The van der Waals surface area contributed by atoms with Gasteiger partial charge in [-0.2, -0.15) is 0 Å². The van der Waals surface area contributed by atoms with Crippen LogP contribution in [0.2, 0.25) is 0 Å². The van der Waals surface area contributed by atoms with E-state index in [1.165, 1.54) is 0 Å². The zero-order valence-corrected chi connectivity index (χ0v) is 50.7. The predicted molar refractivity (Wildman–Crippen MR) is 301 cm³/mol. The lowest BCUT2D eigenvalue weighted by Gasteiger charge is -2.21. The van der Waals surface area contributed by atoms with Crippen LogP contribution >= 0.6 is 0 Å². The highest BCUT2D eigenvalue weighted by molar-refractivity contribution is 6.27. The molecular weight excluding hydrogens is 1180 g/mol. The Morgan fingerprint density at radius 3 is 0.909 bits per heavy atom. The Morgan fingerprint density at radius 1 is 0.386 bits per heavy atom. The SMILES string of the molecule is CC1=C(C)C(=O)C(CCC2CCCO2)=C(C)C1=O.CC1=C(CCC2CCCO2)C(=O)C(CO)=C(CO)C1=O.CC1=C(CCC2CCCO2)C(=O)c2ccccc2C1=O.CO[N+](=O)[O-].CO[N+](=O)[O-].CO[N+](=O)[O-].CO[N+](=O)[O-].CO[N+](=O)[O-].CO[N+](=O)[O-]. The lowest BCUT2D eigenvalue weighted by Crippen LogP contribution is -2.27. The minimum absolute atomic E-state index is 0.00990. The van der Waals surface area contributed by atoms with Gasteiger partial charge >= 0.3 is 0 Å². The normalized spacial score (nSPS) is 18.0. The molecule has 0 saturated carbocycles. The molecule has 3 aliphatic heterocycles. The fourth-order valence-electron chi connectivity index (χ4n) is 8.47. The minimum atomic E-state index is -0.875. The topological polar surface area (TPSA) is 485 Å². The zero-order chi connectivity index (χ0) is 67.8. The predicted octanol–water partition coefficient (Wildman–Crippen LogP) is 5.73. The summed E-state index contributed by atoms with van der Waals surface area (Å²) >= 11 is 0. The Balaban J connectivity index is 0. The number of carbonyl (C=O) groups excluding carboxylic acids is 6. The van der Waals surface area contributed by atoms with Gasteiger partial charge in [0.1, 0.15) is 0 Å². The molecule has 6 aliphatic rings. The van der Waals surface area contributed by atoms with E-state index < -0.39 is 43.7 Å². The number of aliphatic hydroxyl groups excluding tert-OH is 2. The molecule has 0 amide bonds. The van der Waals surface area contributed by atoms with Gasteiger partial charge in [0.05, 0.1) is 74.2 Å². The van der Waals surface area contributed by atoms with Crippen LogP contribution in [0.3, 0.4) is 0 Å². The van der Waals surface area contributed by atoms with E-state index in [0.29, 0.717) is 81.4 Å². The zero-order valence-electron chi connectivity index (χ0n) is 50.7. The fourth-order valence-corrected chi connectivity index (χ4v) is 8.47. The van der Waals surface area contributed by atoms with Gasteiger partial charge in [-0.15, -0.1) is 60.7 Å². The molecule has 3 fully saturated rings. The van der Waals surface area contributed by atoms with Gasteiger partial charge < -0.3 is 53.4 Å². The first-order valence-electron chi connectivity index (χ1n) is 26.5. The average molecular weight is 1260 g/mol. The molecule has 88 heavy (non-hydrogen) atoms. The maximum Gasteiger partial charge on any atom is 0.294 e. The summed E-state index contributed by atoms with van der Waals surface area (Å²) in [6, 6.07) is 7.08. The van der Waals surface area contributed by atoms with Crippen LogP contribution in [0, 0.1) is 60.7 Å². The molecule has 7 rings (SSSR count). The molecule has 492 valence electrons. The first-order chi connectivity index (χ1) is 41.4. The van der Waals surface area contributed by atoms with Gasteiger partial charge in [-0.25, -0.2) is 0 Å². The van der Waals surface area contributed by atoms with Crippen LogP contribution < -0.4 is 0 Å². The van der Waals surface area contributed by atoms with Crippen molar-refractivity contribution in [2.45, 2.75) is 130 Å². The second kappa shape index (κ2) is 44.4. The number of allylic oxidation sites excluding steroid dienone is 8. The molecular formula is C53H76N6O29. The molecule has 0 bridgehead atoms. The van der Waals surface area contributed by atoms with Crippen molar-refractivity contribution < 1.29 is 113 Å². The highest BCUT2D eigenvalue weighted by atomic mass is 17.0. The van der Waals surface area contributed by atoms with Crippen LogP contribution in [0.25, 0.3) is 0 Å². The monoisotopic (exact) mass is 1260 g/mol. The summed E-state index contributed by atoms with van der Waals surface area (Å²) < 4.78 is 16.7. The van der Waals surface area contributed by atoms with Gasteiger partial charge in [0.2, 0.25) is 0 Å². The van der Waals surface area contributed by atoms with Crippen LogP contribution in [0.1, 0.15) is 132 Å². The molecule has 3 heterocycles. The Kier molecular flexibility index (Phi) is 40.9. The van der Waals surface area contributed by atoms with Crippen molar-refractivity contribution in [3.8, 4) is 0 Å². The molecule has 0 aromatic heterocycles. The molecule has 35 nitrogen and oxygen atoms in total. The van der Waals surface area contributed by atoms with E-state index in [1.807, 2.05) is 6.07 Å². The van der Waals surface area contributed by atoms with E-state index in [-0.39, 0.29) is 64.2 Å². The number of fused-ring (bicyclic) bond motifs is 1. The van der Waals surface area contributed by atoms with E-state index in [4.69, 9.17) is 74.9 Å². The van der Waals surface area contributed by atoms with Crippen molar-refractivity contribution in [2.75, 3.05) is 75.7 Å². The highest BCUT2D eigenvalue weighted by Gasteiger charge is 2.33. The lowest BCUT2D eigenvalue weighted by molar-refractivity contribution is -0.749. The summed E-state index contributed by atoms with van der Waals surface area (Å²) in [5, 5.41) is 66.9. The summed E-state index contributed by atoms with van der Waals surface area (Å²) in [4.78, 5) is 148. The molecule has 1 aromatic carbocycles. The third-order valence-electron chi connectivity index (χ3n) is 13.2. The van der Waals surface area contributed by atoms with Gasteiger partial charge in [-0.05, 0) is 112 Å². The molecule has 1 aromatic rings. The van der Waals surface area contributed by atoms with Crippen molar-refractivity contribution in [1.82, 2.24) is 0 Å². The molecule has 0 spiro atoms. The molecule has 0 radical (unpaired) electrons. The van der Waals surface area contributed by atoms with Crippen LogP contribution in [-0.2, 0) is 62.4 Å². The van der Waals surface area contributed by atoms with E-state index in [2.05, 4.69) is 29.0 Å². The van der Waals surface area contributed by atoms with E-state index >= 15 is 0 Å². The number of ketones is 6. The Labute approximate surface area is 503 Å². The molecule has 3 atom stereocenters. The number of nitrogens with zero attached hydrogens (tertiary/aromatic N) is 6. The van der Waals surface area contributed by atoms with Gasteiger partial charge in [-0.3, -0.25) is 28.8 Å². The quantitative estimate of drug-likeness (QED) is 0.107. The van der Waals surface area contributed by atoms with Gasteiger partial charge in [0, 0.05) is 86.7 Å². The second-order valence-electron chi connectivity index (χ2n) is 18.3. The fraction of sp³-hybridized carbons (Fsp3) is 0.585. The maximum atomic E-state index is 12.5. The first-order valence-corrected chi connectivity index (χ1v) is 26.5. The average Bonchev–Trinajstić information content (AvgIpc) is 3.79. The number of rotatable bonds is 17. The van der Waals surface area contributed by atoms with Gasteiger partial charge in [0.15, 0.2) is 34.7 Å². The summed E-state index contributed by atoms with van der Waals surface area (Å²) in [5.41, 5.74) is 5.77. The van der Waals surface area contributed by atoms with Crippen molar-refractivity contribution >= 4 is 34.7 Å². The Morgan fingerprint density at radius 2 is 0.625 bits per heavy atom. The van der Waals surface area contributed by atoms with Crippen LogP contribution in [-0.4, -0.2) is 169 Å². The van der Waals surface area contributed by atoms with Crippen LogP contribution in [0.5, 0.6) is 0 Å². The van der Waals surface area contributed by atoms with Crippen molar-refractivity contribution in [1.29, 1.82) is 0 Å². The first kappa shape index (κ1) is 81.0. The number of Topliss-reactive ketones (excluding diaryl/α,β-unsaturated/α-hetero) is 6. The summed E-state index contributed by atoms with van der Waals surface area (Å²) in [6.07, 6.45) is 11.2. The Bertz CT molecular complexity index is 2640. The van der Waals surface area contributed by atoms with Crippen LogP contribution in [0.15, 0.2) is 80.0 Å². The molecule has 3 unspecified atom stereocenters. The molecule has 3 saturated heterocycles. The van der Waals surface area contributed by atoms with E-state index in [1.54, 1.807) is 52.8 Å². The number of hydrogen-bond acceptors (Lipinski definition) is 29. The number of carbonyl (C=O) groups is 6. The number of hydrogen-bond donors (Lipinski definition) is 2. The van der Waals surface area contributed by atoms with E-state index in [9.17, 15) is 39.0 Å². The number of aliphatic hydroxyl groups is 2. The molecule has 35 heteroatoms. The van der Waals surface area contributed by atoms with Crippen molar-refractivity contribution in [2.24, 2.45) is 0 Å². The third-order valence-corrected chi connectivity index (χ3v) is 13.2. The van der Waals surface area contributed by atoms with Crippen LogP contribution in [0.4, 0.5) is 0 Å². The third kappa shape index (κ3) is 29.8. The number of ether oxygens (including phenoxy) is 3. The molecule has 2 N–H and O–H groups in total. The summed E-state index contributed by atoms with van der Waals surface area (Å²) in [5.74, 6) is -0.583. The summed E-state index contributed by atoms with van der Waals surface area (Å²) in [7, 11) is 6.00. The Hall–Kier alpha value is -9.06. The smallest absolute Gasteiger partial charge is 0.294 e. The molecule has 3 aliphatic carbocycles. The van der Waals surface area contributed by atoms with Crippen molar-refractivity contribution in [3.05, 3.63) is 152 Å². The van der Waals surface area contributed by atoms with E-state index in [0.717, 1.165) is 114 Å². The maximum absolute atomic E-state index is 12.5. The highest BCUT2D eigenvalue weighted by Crippen LogP contribution is 2.32. The second-order valence-corrected chi connectivity index (χ2v) is 18.3. The van der Waals surface area contributed by atoms with Gasteiger partial charge in [-0.1, -0.05) is 24.3 Å². The van der Waals surface area contributed by atoms with Gasteiger partial charge in [0.25, 0.3) is 30.5 Å². The minimum Gasteiger partial charge on any atom is -0.392 e.